The summed E-state index contributed by atoms with van der Waals surface area (Å²) in [4.78, 5) is 41.3. The Morgan fingerprint density at radius 1 is 1.12 bits per heavy atom. The van der Waals surface area contributed by atoms with Crippen molar-refractivity contribution >= 4 is 23.3 Å². The first-order valence-corrected chi connectivity index (χ1v) is 12.1. The van der Waals surface area contributed by atoms with E-state index in [1.807, 2.05) is 18.2 Å². The van der Waals surface area contributed by atoms with Crippen molar-refractivity contribution in [1.82, 2.24) is 10.2 Å². The van der Waals surface area contributed by atoms with Crippen molar-refractivity contribution in [2.45, 2.75) is 52.1 Å². The number of benzene rings is 2. The fourth-order valence-corrected chi connectivity index (χ4v) is 4.66. The van der Waals surface area contributed by atoms with Gasteiger partial charge in [-0.1, -0.05) is 18.6 Å². The summed E-state index contributed by atoms with van der Waals surface area (Å²) in [6, 6.07) is 13.1. The van der Waals surface area contributed by atoms with Crippen LogP contribution in [0, 0.1) is 0 Å². The molecule has 0 radical (unpaired) electrons. The predicted molar refractivity (Wildman–Crippen MR) is 131 cm³/mol. The number of likely N-dealkylation sites (tertiary alicyclic amines) is 1. The Labute approximate surface area is 201 Å². The second-order valence-electron chi connectivity index (χ2n) is 9.20. The monoisotopic (exact) mass is 463 g/mol. The number of ether oxygens (including phenoxy) is 1. The van der Waals surface area contributed by atoms with E-state index in [9.17, 15) is 14.4 Å². The Bertz CT molecular complexity index is 1070. The largest absolute Gasteiger partial charge is 0.482 e. The van der Waals surface area contributed by atoms with Gasteiger partial charge in [-0.2, -0.15) is 0 Å². The van der Waals surface area contributed by atoms with Crippen molar-refractivity contribution in [2.24, 2.45) is 0 Å². The first kappa shape index (κ1) is 24.0. The van der Waals surface area contributed by atoms with Gasteiger partial charge in [0, 0.05) is 30.3 Å². The number of hydrogen-bond acceptors (Lipinski definition) is 5. The predicted octanol–water partition coefficient (Wildman–Crippen LogP) is 3.81. The highest BCUT2D eigenvalue weighted by Crippen LogP contribution is 2.34. The SMILES string of the molecule is CC(=O)c1ccc2c(c1)N(Cc1cccc(C(=O)NCCCN3CCCC[C@H]3C)c1)C(=O)CO2. The average Bonchev–Trinajstić information content (AvgIpc) is 2.84. The third kappa shape index (κ3) is 5.65. The molecule has 180 valence electrons. The lowest BCUT2D eigenvalue weighted by Gasteiger charge is -2.33. The number of hydrogen-bond donors (Lipinski definition) is 1. The molecule has 34 heavy (non-hydrogen) atoms. The van der Waals surface area contributed by atoms with Crippen molar-refractivity contribution in [1.29, 1.82) is 0 Å². The molecule has 2 heterocycles. The number of carbonyl (C=O) groups excluding carboxylic acids is 3. The topological polar surface area (TPSA) is 79.0 Å². The fourth-order valence-electron chi connectivity index (χ4n) is 4.66. The number of anilines is 1. The summed E-state index contributed by atoms with van der Waals surface area (Å²) < 4.78 is 5.54. The number of carbonyl (C=O) groups is 3. The van der Waals surface area contributed by atoms with E-state index in [4.69, 9.17) is 4.74 Å². The molecule has 0 saturated carbocycles. The number of nitrogens with zero attached hydrogens (tertiary/aromatic N) is 2. The van der Waals surface area contributed by atoms with Gasteiger partial charge < -0.3 is 19.9 Å². The molecular weight excluding hydrogens is 430 g/mol. The van der Waals surface area contributed by atoms with Crippen LogP contribution < -0.4 is 15.0 Å². The summed E-state index contributed by atoms with van der Waals surface area (Å²) in [5.41, 5.74) is 2.51. The van der Waals surface area contributed by atoms with Crippen LogP contribution >= 0.6 is 0 Å². The molecule has 2 aliphatic rings. The molecular formula is C27H33N3O4. The molecule has 1 fully saturated rings. The van der Waals surface area contributed by atoms with E-state index in [0.717, 1.165) is 25.1 Å². The highest BCUT2D eigenvalue weighted by molar-refractivity contribution is 6.01. The summed E-state index contributed by atoms with van der Waals surface area (Å²) in [6.07, 6.45) is 4.75. The van der Waals surface area contributed by atoms with E-state index in [-0.39, 0.29) is 24.2 Å². The Hall–Kier alpha value is -3.19. The van der Waals surface area contributed by atoms with Crippen LogP contribution in [0.3, 0.4) is 0 Å². The third-order valence-electron chi connectivity index (χ3n) is 6.69. The molecule has 2 aromatic carbocycles. The van der Waals surface area contributed by atoms with Crippen LogP contribution in [0.4, 0.5) is 5.69 Å². The maximum atomic E-state index is 12.7. The van der Waals surface area contributed by atoms with Gasteiger partial charge in [-0.15, -0.1) is 0 Å². The quantitative estimate of drug-likeness (QED) is 0.476. The van der Waals surface area contributed by atoms with Crippen LogP contribution in [-0.4, -0.2) is 54.8 Å². The summed E-state index contributed by atoms with van der Waals surface area (Å²) >= 11 is 0. The zero-order valence-electron chi connectivity index (χ0n) is 20.0. The molecule has 1 N–H and O–H groups in total. The van der Waals surface area contributed by atoms with E-state index in [0.29, 0.717) is 41.7 Å². The van der Waals surface area contributed by atoms with Crippen molar-refractivity contribution in [3.8, 4) is 5.75 Å². The third-order valence-corrected chi connectivity index (χ3v) is 6.69. The van der Waals surface area contributed by atoms with Crippen molar-refractivity contribution in [3.05, 3.63) is 59.2 Å². The molecule has 2 aliphatic heterocycles. The number of Topliss-reactive ketones (excluding diaryl/α,β-unsaturated/α-hetero) is 1. The molecule has 2 amide bonds. The molecule has 1 atom stereocenters. The summed E-state index contributed by atoms with van der Waals surface area (Å²) in [5, 5.41) is 3.02. The number of fused-ring (bicyclic) bond motifs is 1. The molecule has 4 rings (SSSR count). The van der Waals surface area contributed by atoms with E-state index in [1.54, 1.807) is 29.2 Å². The lowest BCUT2D eigenvalue weighted by Crippen LogP contribution is -2.39. The Morgan fingerprint density at radius 2 is 1.97 bits per heavy atom. The van der Waals surface area contributed by atoms with Crippen molar-refractivity contribution < 1.29 is 19.1 Å². The van der Waals surface area contributed by atoms with Crippen molar-refractivity contribution in [3.63, 3.8) is 0 Å². The highest BCUT2D eigenvalue weighted by atomic mass is 16.5. The molecule has 0 aliphatic carbocycles. The second kappa shape index (κ2) is 10.8. The van der Waals surface area contributed by atoms with Crippen LogP contribution in [0.1, 0.15) is 65.8 Å². The fraction of sp³-hybridized carbons (Fsp3) is 0.444. The lowest BCUT2D eigenvalue weighted by atomic mass is 10.0. The smallest absolute Gasteiger partial charge is 0.265 e. The van der Waals surface area contributed by atoms with Gasteiger partial charge >= 0.3 is 0 Å². The Morgan fingerprint density at radius 3 is 2.76 bits per heavy atom. The minimum Gasteiger partial charge on any atom is -0.482 e. The lowest BCUT2D eigenvalue weighted by molar-refractivity contribution is -0.121. The van der Waals surface area contributed by atoms with Crippen LogP contribution in [-0.2, 0) is 11.3 Å². The van der Waals surface area contributed by atoms with E-state index in [2.05, 4.69) is 17.1 Å². The van der Waals surface area contributed by atoms with Crippen LogP contribution in [0.25, 0.3) is 0 Å². The normalized spacial score (nSPS) is 18.2. The molecule has 0 aromatic heterocycles. The summed E-state index contributed by atoms with van der Waals surface area (Å²) in [5.74, 6) is 0.201. The Balaban J connectivity index is 1.38. The number of ketones is 1. The average molecular weight is 464 g/mol. The van der Waals surface area contributed by atoms with Crippen molar-refractivity contribution in [2.75, 3.05) is 31.1 Å². The maximum Gasteiger partial charge on any atom is 0.265 e. The minimum atomic E-state index is -0.185. The van der Waals surface area contributed by atoms with Gasteiger partial charge in [0.05, 0.1) is 12.2 Å². The molecule has 7 heteroatoms. The summed E-state index contributed by atoms with van der Waals surface area (Å²) in [7, 11) is 0. The highest BCUT2D eigenvalue weighted by Gasteiger charge is 2.26. The molecule has 0 unspecified atom stereocenters. The van der Waals surface area contributed by atoms with Gasteiger partial charge in [0.15, 0.2) is 12.4 Å². The van der Waals surface area contributed by atoms with Gasteiger partial charge in [0.25, 0.3) is 11.8 Å². The Kier molecular flexibility index (Phi) is 7.63. The minimum absolute atomic E-state index is 0.0533. The van der Waals surface area contributed by atoms with Gasteiger partial charge in [-0.05, 0) is 75.5 Å². The zero-order valence-corrected chi connectivity index (χ0v) is 20.0. The maximum absolute atomic E-state index is 12.7. The van der Waals surface area contributed by atoms with Crippen LogP contribution in [0.2, 0.25) is 0 Å². The molecule has 0 bridgehead atoms. The van der Waals surface area contributed by atoms with Gasteiger partial charge in [0.1, 0.15) is 5.75 Å². The second-order valence-corrected chi connectivity index (χ2v) is 9.20. The molecule has 1 saturated heterocycles. The van der Waals surface area contributed by atoms with E-state index >= 15 is 0 Å². The number of rotatable bonds is 8. The number of piperidine rings is 1. The van der Waals surface area contributed by atoms with Crippen LogP contribution in [0.15, 0.2) is 42.5 Å². The van der Waals surface area contributed by atoms with E-state index < -0.39 is 0 Å². The first-order valence-electron chi connectivity index (χ1n) is 12.1. The molecule has 7 nitrogen and oxygen atoms in total. The first-order chi connectivity index (χ1) is 16.4. The summed E-state index contributed by atoms with van der Waals surface area (Å²) in [6.45, 7) is 6.80. The van der Waals surface area contributed by atoms with E-state index in [1.165, 1.54) is 26.2 Å². The van der Waals surface area contributed by atoms with Crippen LogP contribution in [0.5, 0.6) is 5.75 Å². The number of amides is 2. The zero-order chi connectivity index (χ0) is 24.1. The molecule has 2 aromatic rings. The van der Waals surface area contributed by atoms with Gasteiger partial charge in [-0.3, -0.25) is 14.4 Å². The molecule has 0 spiro atoms. The number of nitrogens with one attached hydrogen (secondary N) is 1. The van der Waals surface area contributed by atoms with Gasteiger partial charge in [-0.25, -0.2) is 0 Å². The standard InChI is InChI=1S/C27H33N3O4/c1-19-7-3-4-13-29(19)14-6-12-28-27(33)23-9-5-8-21(15-23)17-30-24-16-22(20(2)31)10-11-25(24)34-18-26(30)32/h5,8-11,15-16,19H,3-4,6-7,12-14,17-18H2,1-2H3,(H,28,33)/t19-/m1/s1. The van der Waals surface area contributed by atoms with Gasteiger partial charge in [0.2, 0.25) is 0 Å².